The molecule has 0 saturated carbocycles. The molecule has 0 aliphatic heterocycles. The third-order valence-electron chi connectivity index (χ3n) is 3.40. The number of carbonyl (C=O) groups excluding carboxylic acids is 1. The van der Waals surface area contributed by atoms with Crippen molar-refractivity contribution < 1.29 is 9.32 Å². The van der Waals surface area contributed by atoms with Crippen LogP contribution in [-0.4, -0.2) is 17.1 Å². The number of nitrogens with one attached hydrogen (secondary N) is 1. The lowest BCUT2D eigenvalue weighted by atomic mass is 10.1. The SMILES string of the molecule is Cc1cccc(-c2cc(C(=O)N[C@H](C)C(C)C)no2)c1. The Morgan fingerprint density at radius 2 is 2.00 bits per heavy atom. The van der Waals surface area contributed by atoms with Crippen LogP contribution in [0, 0.1) is 12.8 Å². The van der Waals surface area contributed by atoms with Gasteiger partial charge in [0.15, 0.2) is 11.5 Å². The van der Waals surface area contributed by atoms with Gasteiger partial charge in [0.25, 0.3) is 5.91 Å². The zero-order valence-electron chi connectivity index (χ0n) is 12.3. The standard InChI is InChI=1S/C16H20N2O2/c1-10(2)12(4)17-16(19)14-9-15(20-18-14)13-7-5-6-11(3)8-13/h5-10,12H,1-4H3,(H,17,19)/t12-/m1/s1. The van der Waals surface area contributed by atoms with E-state index >= 15 is 0 Å². The maximum Gasteiger partial charge on any atom is 0.273 e. The van der Waals surface area contributed by atoms with Gasteiger partial charge in [-0.3, -0.25) is 4.79 Å². The molecular weight excluding hydrogens is 252 g/mol. The fourth-order valence-corrected chi connectivity index (χ4v) is 1.76. The highest BCUT2D eigenvalue weighted by atomic mass is 16.5. The van der Waals surface area contributed by atoms with Crippen LogP contribution >= 0.6 is 0 Å². The van der Waals surface area contributed by atoms with E-state index in [4.69, 9.17) is 4.52 Å². The minimum Gasteiger partial charge on any atom is -0.355 e. The monoisotopic (exact) mass is 272 g/mol. The number of aromatic nitrogens is 1. The maximum absolute atomic E-state index is 12.0. The van der Waals surface area contributed by atoms with Crippen molar-refractivity contribution in [2.75, 3.05) is 0 Å². The zero-order chi connectivity index (χ0) is 14.7. The Kier molecular flexibility index (Phi) is 4.23. The highest BCUT2D eigenvalue weighted by Crippen LogP contribution is 2.21. The molecule has 1 amide bonds. The highest BCUT2D eigenvalue weighted by Gasteiger charge is 2.17. The van der Waals surface area contributed by atoms with Gasteiger partial charge in [-0.05, 0) is 25.8 Å². The summed E-state index contributed by atoms with van der Waals surface area (Å²) in [5.41, 5.74) is 2.38. The number of amides is 1. The number of benzene rings is 1. The molecular formula is C16H20N2O2. The van der Waals surface area contributed by atoms with Crippen molar-refractivity contribution in [3.63, 3.8) is 0 Å². The molecule has 0 bridgehead atoms. The predicted octanol–water partition coefficient (Wildman–Crippen LogP) is 3.42. The average Bonchev–Trinajstić information content (AvgIpc) is 2.88. The maximum atomic E-state index is 12.0. The Bertz CT molecular complexity index is 602. The van der Waals surface area contributed by atoms with Gasteiger partial charge in [0.05, 0.1) is 0 Å². The van der Waals surface area contributed by atoms with Crippen molar-refractivity contribution >= 4 is 5.91 Å². The van der Waals surface area contributed by atoms with Crippen molar-refractivity contribution in [2.45, 2.75) is 33.7 Å². The van der Waals surface area contributed by atoms with Gasteiger partial charge in [-0.2, -0.15) is 0 Å². The number of rotatable bonds is 4. The lowest BCUT2D eigenvalue weighted by Gasteiger charge is -2.16. The molecule has 1 aromatic carbocycles. The lowest BCUT2D eigenvalue weighted by molar-refractivity contribution is 0.0921. The Labute approximate surface area is 119 Å². The second-order valence-electron chi connectivity index (χ2n) is 5.45. The molecule has 106 valence electrons. The van der Waals surface area contributed by atoms with Crippen LogP contribution in [0.25, 0.3) is 11.3 Å². The average molecular weight is 272 g/mol. The van der Waals surface area contributed by atoms with Crippen LogP contribution in [0.3, 0.4) is 0 Å². The van der Waals surface area contributed by atoms with Crippen LogP contribution in [0.1, 0.15) is 36.8 Å². The van der Waals surface area contributed by atoms with E-state index in [2.05, 4.69) is 24.3 Å². The third kappa shape index (κ3) is 3.26. The predicted molar refractivity (Wildman–Crippen MR) is 78.4 cm³/mol. The quantitative estimate of drug-likeness (QED) is 0.927. The van der Waals surface area contributed by atoms with Crippen LogP contribution in [0.5, 0.6) is 0 Å². The van der Waals surface area contributed by atoms with E-state index in [1.165, 1.54) is 0 Å². The van der Waals surface area contributed by atoms with Crippen LogP contribution in [0.15, 0.2) is 34.9 Å². The van der Waals surface area contributed by atoms with Crippen LogP contribution in [0.2, 0.25) is 0 Å². The second-order valence-corrected chi connectivity index (χ2v) is 5.45. The van der Waals surface area contributed by atoms with Gasteiger partial charge in [-0.15, -0.1) is 0 Å². The molecule has 2 rings (SSSR count). The minimum atomic E-state index is -0.200. The smallest absolute Gasteiger partial charge is 0.273 e. The van der Waals surface area contributed by atoms with Crippen LogP contribution in [0.4, 0.5) is 0 Å². The summed E-state index contributed by atoms with van der Waals surface area (Å²) in [6.45, 7) is 8.11. The van der Waals surface area contributed by atoms with Gasteiger partial charge in [-0.1, -0.05) is 42.8 Å². The first-order valence-corrected chi connectivity index (χ1v) is 6.82. The fraction of sp³-hybridized carbons (Fsp3) is 0.375. The molecule has 2 aromatic rings. The zero-order valence-corrected chi connectivity index (χ0v) is 12.3. The topological polar surface area (TPSA) is 55.1 Å². The van der Waals surface area contributed by atoms with Crippen molar-refractivity contribution in [3.05, 3.63) is 41.6 Å². The minimum absolute atomic E-state index is 0.0987. The molecule has 1 atom stereocenters. The number of nitrogens with zero attached hydrogens (tertiary/aromatic N) is 1. The molecule has 0 spiro atoms. The first-order chi connectivity index (χ1) is 9.47. The molecule has 1 N–H and O–H groups in total. The number of carbonyl (C=O) groups is 1. The summed E-state index contributed by atoms with van der Waals surface area (Å²) in [4.78, 5) is 12.0. The van der Waals surface area contributed by atoms with Crippen LogP contribution in [-0.2, 0) is 0 Å². The van der Waals surface area contributed by atoms with Gasteiger partial charge in [0, 0.05) is 17.7 Å². The van der Waals surface area contributed by atoms with Crippen molar-refractivity contribution in [1.29, 1.82) is 0 Å². The van der Waals surface area contributed by atoms with E-state index in [0.717, 1.165) is 11.1 Å². The molecule has 0 aliphatic rings. The van der Waals surface area contributed by atoms with Gasteiger partial charge < -0.3 is 9.84 Å². The van der Waals surface area contributed by atoms with E-state index < -0.39 is 0 Å². The molecule has 0 radical (unpaired) electrons. The number of hydrogen-bond donors (Lipinski definition) is 1. The first-order valence-electron chi connectivity index (χ1n) is 6.82. The highest BCUT2D eigenvalue weighted by molar-refractivity contribution is 5.93. The molecule has 0 aliphatic carbocycles. The number of hydrogen-bond acceptors (Lipinski definition) is 3. The summed E-state index contributed by atoms with van der Waals surface area (Å²) in [5, 5.41) is 6.76. The molecule has 0 fully saturated rings. The summed E-state index contributed by atoms with van der Waals surface area (Å²) >= 11 is 0. The van der Waals surface area contributed by atoms with E-state index in [-0.39, 0.29) is 11.9 Å². The van der Waals surface area contributed by atoms with Gasteiger partial charge in [0.2, 0.25) is 0 Å². The Balaban J connectivity index is 2.15. The molecule has 0 saturated heterocycles. The Morgan fingerprint density at radius 3 is 2.65 bits per heavy atom. The lowest BCUT2D eigenvalue weighted by Crippen LogP contribution is -2.36. The van der Waals surface area contributed by atoms with Crippen molar-refractivity contribution in [3.8, 4) is 11.3 Å². The summed E-state index contributed by atoms with van der Waals surface area (Å²) in [5.74, 6) is 0.784. The molecule has 0 unspecified atom stereocenters. The Hall–Kier alpha value is -2.10. The number of aryl methyl sites for hydroxylation is 1. The fourth-order valence-electron chi connectivity index (χ4n) is 1.76. The second kappa shape index (κ2) is 5.90. The molecule has 1 heterocycles. The largest absolute Gasteiger partial charge is 0.355 e. The van der Waals surface area contributed by atoms with E-state index in [1.54, 1.807) is 6.07 Å². The van der Waals surface area contributed by atoms with Crippen LogP contribution < -0.4 is 5.32 Å². The van der Waals surface area contributed by atoms with Gasteiger partial charge >= 0.3 is 0 Å². The molecule has 4 nitrogen and oxygen atoms in total. The first kappa shape index (κ1) is 14.3. The molecule has 1 aromatic heterocycles. The van der Waals surface area contributed by atoms with Crippen molar-refractivity contribution in [1.82, 2.24) is 10.5 Å². The van der Waals surface area contributed by atoms with E-state index in [0.29, 0.717) is 17.4 Å². The normalized spacial score (nSPS) is 12.4. The van der Waals surface area contributed by atoms with Gasteiger partial charge in [0.1, 0.15) is 0 Å². The van der Waals surface area contributed by atoms with Crippen molar-refractivity contribution in [2.24, 2.45) is 5.92 Å². The van der Waals surface area contributed by atoms with E-state index in [1.807, 2.05) is 38.1 Å². The summed E-state index contributed by atoms with van der Waals surface area (Å²) in [6.07, 6.45) is 0. The summed E-state index contributed by atoms with van der Waals surface area (Å²) in [6, 6.07) is 9.68. The van der Waals surface area contributed by atoms with Gasteiger partial charge in [-0.25, -0.2) is 0 Å². The third-order valence-corrected chi connectivity index (χ3v) is 3.40. The molecule has 4 heteroatoms. The summed E-state index contributed by atoms with van der Waals surface area (Å²) in [7, 11) is 0. The summed E-state index contributed by atoms with van der Waals surface area (Å²) < 4.78 is 5.26. The van der Waals surface area contributed by atoms with E-state index in [9.17, 15) is 4.79 Å². The Morgan fingerprint density at radius 1 is 1.25 bits per heavy atom. The molecule has 20 heavy (non-hydrogen) atoms.